The highest BCUT2D eigenvalue weighted by Gasteiger charge is 2.18. The average Bonchev–Trinajstić information content (AvgIpc) is 2.62. The van der Waals surface area contributed by atoms with Gasteiger partial charge in [-0.15, -0.1) is 0 Å². The van der Waals surface area contributed by atoms with Gasteiger partial charge in [0.15, 0.2) is 0 Å². The monoisotopic (exact) mass is 232 g/mol. The minimum absolute atomic E-state index is 0.899. The lowest BCUT2D eigenvalue weighted by molar-refractivity contribution is 0.424. The molecule has 16 heavy (non-hydrogen) atoms. The Hall–Kier alpha value is -1.35. The fourth-order valence-electron chi connectivity index (χ4n) is 1.84. The van der Waals surface area contributed by atoms with Crippen molar-refractivity contribution < 1.29 is 0 Å². The molecule has 84 valence electrons. The highest BCUT2D eigenvalue weighted by molar-refractivity contribution is 7.81. The van der Waals surface area contributed by atoms with Crippen LogP contribution in [0.5, 0.6) is 0 Å². The predicted octanol–water partition coefficient (Wildman–Crippen LogP) is 2.12. The second-order valence-corrected chi connectivity index (χ2v) is 4.52. The van der Waals surface area contributed by atoms with Gasteiger partial charge in [0.1, 0.15) is 5.82 Å². The molecule has 2 rings (SSSR count). The van der Waals surface area contributed by atoms with E-state index in [1.165, 1.54) is 5.82 Å². The molecule has 0 spiro atoms. The molecule has 0 bridgehead atoms. The normalized spacial score (nSPS) is 15.5. The van der Waals surface area contributed by atoms with Crippen LogP contribution >= 0.6 is 12.2 Å². The molecule has 0 radical (unpaired) electrons. The summed E-state index contributed by atoms with van der Waals surface area (Å²) >= 11 is 5.43. The maximum absolute atomic E-state index is 5.43. The van der Waals surface area contributed by atoms with Crippen LogP contribution in [0.2, 0.25) is 0 Å². The van der Waals surface area contributed by atoms with E-state index in [0.717, 1.165) is 23.5 Å². The number of hydrogen-bond donors (Lipinski definition) is 0. The van der Waals surface area contributed by atoms with Crippen molar-refractivity contribution in [2.45, 2.75) is 0 Å². The van der Waals surface area contributed by atoms with Crippen molar-refractivity contribution >= 4 is 17.1 Å². The Morgan fingerprint density at radius 2 is 1.69 bits per heavy atom. The first-order chi connectivity index (χ1) is 7.68. The van der Waals surface area contributed by atoms with Gasteiger partial charge < -0.3 is 9.80 Å². The molecule has 1 aromatic rings. The first kappa shape index (κ1) is 11.1. The minimum Gasteiger partial charge on any atom is -0.360 e. The molecule has 1 heterocycles. The number of likely N-dealkylation sites (N-methyl/N-ethyl adjacent to an activating group) is 2. The van der Waals surface area contributed by atoms with Crippen LogP contribution in [0.15, 0.2) is 42.2 Å². The SMILES string of the molecule is CN1CCN(C)C1=CC(=S)c1ccccc1. The van der Waals surface area contributed by atoms with Gasteiger partial charge >= 0.3 is 0 Å². The molecule has 0 atom stereocenters. The van der Waals surface area contributed by atoms with E-state index in [1.807, 2.05) is 30.3 Å². The molecule has 2 nitrogen and oxygen atoms in total. The summed E-state index contributed by atoms with van der Waals surface area (Å²) in [6, 6.07) is 10.1. The van der Waals surface area contributed by atoms with Crippen LogP contribution in [0.3, 0.4) is 0 Å². The van der Waals surface area contributed by atoms with Crippen LogP contribution in [-0.2, 0) is 0 Å². The molecule has 0 aliphatic carbocycles. The fourth-order valence-corrected chi connectivity index (χ4v) is 2.09. The van der Waals surface area contributed by atoms with Gasteiger partial charge in [-0.05, 0) is 11.6 Å². The van der Waals surface area contributed by atoms with Crippen LogP contribution in [-0.4, -0.2) is 41.8 Å². The number of allylic oxidation sites excluding steroid dienone is 1. The number of hydrogen-bond acceptors (Lipinski definition) is 3. The third-order valence-corrected chi connectivity index (χ3v) is 3.23. The third-order valence-electron chi connectivity index (χ3n) is 2.87. The Kier molecular flexibility index (Phi) is 3.25. The van der Waals surface area contributed by atoms with Crippen LogP contribution in [0.4, 0.5) is 0 Å². The Morgan fingerprint density at radius 3 is 2.25 bits per heavy atom. The highest BCUT2D eigenvalue weighted by Crippen LogP contribution is 2.15. The smallest absolute Gasteiger partial charge is 0.105 e. The topological polar surface area (TPSA) is 6.48 Å². The Bertz CT molecular complexity index is 399. The molecule has 0 unspecified atom stereocenters. The molecule has 0 saturated carbocycles. The molecular weight excluding hydrogens is 216 g/mol. The predicted molar refractivity (Wildman–Crippen MR) is 71.5 cm³/mol. The van der Waals surface area contributed by atoms with E-state index in [2.05, 4.69) is 30.0 Å². The van der Waals surface area contributed by atoms with Gasteiger partial charge in [-0.25, -0.2) is 0 Å². The molecule has 3 heteroatoms. The molecule has 1 aromatic carbocycles. The van der Waals surface area contributed by atoms with E-state index in [9.17, 15) is 0 Å². The molecule has 0 amide bonds. The first-order valence-corrected chi connectivity index (χ1v) is 5.82. The lowest BCUT2D eigenvalue weighted by atomic mass is 10.1. The standard InChI is InChI=1S/C13H16N2S/c1-14-8-9-15(2)13(14)10-12(16)11-6-4-3-5-7-11/h3-7,10H,8-9H2,1-2H3. The van der Waals surface area contributed by atoms with Gasteiger partial charge in [-0.2, -0.15) is 0 Å². The van der Waals surface area contributed by atoms with Gasteiger partial charge in [-0.1, -0.05) is 42.5 Å². The van der Waals surface area contributed by atoms with Crippen LogP contribution in [0, 0.1) is 0 Å². The zero-order valence-corrected chi connectivity index (χ0v) is 10.5. The Morgan fingerprint density at radius 1 is 1.12 bits per heavy atom. The van der Waals surface area contributed by atoms with Gasteiger partial charge in [0, 0.05) is 32.0 Å². The number of thiocarbonyl (C=S) groups is 1. The highest BCUT2D eigenvalue weighted by atomic mass is 32.1. The molecule has 0 N–H and O–H groups in total. The summed E-state index contributed by atoms with van der Waals surface area (Å²) in [7, 11) is 4.20. The quantitative estimate of drug-likeness (QED) is 0.438. The van der Waals surface area contributed by atoms with Crippen molar-refractivity contribution in [2.24, 2.45) is 0 Å². The van der Waals surface area contributed by atoms with Crippen molar-refractivity contribution in [1.29, 1.82) is 0 Å². The van der Waals surface area contributed by atoms with E-state index in [0.29, 0.717) is 0 Å². The van der Waals surface area contributed by atoms with E-state index < -0.39 is 0 Å². The van der Waals surface area contributed by atoms with Crippen molar-refractivity contribution in [1.82, 2.24) is 9.80 Å². The van der Waals surface area contributed by atoms with E-state index >= 15 is 0 Å². The van der Waals surface area contributed by atoms with Crippen molar-refractivity contribution in [3.05, 3.63) is 47.8 Å². The van der Waals surface area contributed by atoms with Crippen molar-refractivity contribution in [2.75, 3.05) is 27.2 Å². The third kappa shape index (κ3) is 2.25. The van der Waals surface area contributed by atoms with Crippen LogP contribution in [0.25, 0.3) is 0 Å². The summed E-state index contributed by atoms with van der Waals surface area (Å²) < 4.78 is 0. The summed E-state index contributed by atoms with van der Waals surface area (Å²) in [4.78, 5) is 5.36. The molecular formula is C13H16N2S. The summed E-state index contributed by atoms with van der Waals surface area (Å²) in [5, 5.41) is 0. The van der Waals surface area contributed by atoms with Crippen LogP contribution in [0.1, 0.15) is 5.56 Å². The molecule has 1 saturated heterocycles. The lowest BCUT2D eigenvalue weighted by Crippen LogP contribution is -2.17. The van der Waals surface area contributed by atoms with Crippen molar-refractivity contribution in [3.8, 4) is 0 Å². The molecule has 1 fully saturated rings. The number of rotatable bonds is 2. The second kappa shape index (κ2) is 4.66. The van der Waals surface area contributed by atoms with E-state index in [-0.39, 0.29) is 0 Å². The van der Waals surface area contributed by atoms with Crippen LogP contribution < -0.4 is 0 Å². The van der Waals surface area contributed by atoms with Crippen molar-refractivity contribution in [3.63, 3.8) is 0 Å². The van der Waals surface area contributed by atoms with Gasteiger partial charge in [0.05, 0.1) is 0 Å². The largest absolute Gasteiger partial charge is 0.360 e. The Balaban J connectivity index is 2.21. The summed E-state index contributed by atoms with van der Waals surface area (Å²) in [5.41, 5.74) is 1.11. The van der Waals surface area contributed by atoms with E-state index in [1.54, 1.807) is 0 Å². The minimum atomic E-state index is 0.899. The van der Waals surface area contributed by atoms with E-state index in [4.69, 9.17) is 12.2 Å². The van der Waals surface area contributed by atoms with Gasteiger partial charge in [0.25, 0.3) is 0 Å². The number of benzene rings is 1. The maximum Gasteiger partial charge on any atom is 0.105 e. The average molecular weight is 232 g/mol. The Labute approximate surface area is 102 Å². The molecule has 1 aliphatic rings. The molecule has 1 aliphatic heterocycles. The zero-order valence-electron chi connectivity index (χ0n) is 9.68. The number of nitrogens with zero attached hydrogens (tertiary/aromatic N) is 2. The first-order valence-electron chi connectivity index (χ1n) is 5.42. The summed E-state index contributed by atoms with van der Waals surface area (Å²) in [5.74, 6) is 1.20. The lowest BCUT2D eigenvalue weighted by Gasteiger charge is -2.17. The summed E-state index contributed by atoms with van der Waals surface area (Å²) in [6.07, 6.45) is 2.08. The zero-order chi connectivity index (χ0) is 11.5. The van der Waals surface area contributed by atoms with Gasteiger partial charge in [-0.3, -0.25) is 0 Å². The fraction of sp³-hybridized carbons (Fsp3) is 0.308. The van der Waals surface area contributed by atoms with Gasteiger partial charge in [0.2, 0.25) is 0 Å². The summed E-state index contributed by atoms with van der Waals surface area (Å²) in [6.45, 7) is 2.14. The second-order valence-electron chi connectivity index (χ2n) is 4.08. The molecule has 0 aromatic heterocycles. The maximum atomic E-state index is 5.43.